The Labute approximate surface area is 140 Å². The number of ether oxygens (including phenoxy) is 1. The van der Waals surface area contributed by atoms with E-state index < -0.39 is 10.8 Å². The summed E-state index contributed by atoms with van der Waals surface area (Å²) in [5.41, 5.74) is 1.09. The average Bonchev–Trinajstić information content (AvgIpc) is 2.54. The van der Waals surface area contributed by atoms with Gasteiger partial charge in [-0.3, -0.25) is 4.21 Å². The molecule has 1 N–H and O–H groups in total. The predicted molar refractivity (Wildman–Crippen MR) is 93.4 cm³/mol. The molecule has 2 amide bonds. The molecule has 0 radical (unpaired) electrons. The normalized spacial score (nSPS) is 24.3. The first kappa shape index (κ1) is 17.8. The fourth-order valence-corrected chi connectivity index (χ4v) is 4.08. The van der Waals surface area contributed by atoms with Gasteiger partial charge in [0.1, 0.15) is 5.75 Å². The number of nitrogens with one attached hydrogen (secondary N) is 1. The zero-order valence-electron chi connectivity index (χ0n) is 14.1. The van der Waals surface area contributed by atoms with Crippen molar-refractivity contribution in [3.63, 3.8) is 0 Å². The third kappa shape index (κ3) is 4.47. The van der Waals surface area contributed by atoms with E-state index in [0.717, 1.165) is 17.7 Å². The molecule has 0 aromatic heterocycles. The highest BCUT2D eigenvalue weighted by molar-refractivity contribution is 7.85. The van der Waals surface area contributed by atoms with Crippen LogP contribution in [-0.4, -0.2) is 51.9 Å². The lowest BCUT2D eigenvalue weighted by atomic mass is 10.1. The van der Waals surface area contributed by atoms with Crippen molar-refractivity contribution in [3.8, 4) is 5.75 Å². The highest BCUT2D eigenvalue weighted by Gasteiger charge is 2.32. The highest BCUT2D eigenvalue weighted by atomic mass is 32.2. The topological polar surface area (TPSA) is 58.6 Å². The van der Waals surface area contributed by atoms with Gasteiger partial charge in [0.2, 0.25) is 0 Å². The molecule has 128 valence electrons. The van der Waals surface area contributed by atoms with Crippen molar-refractivity contribution in [3.05, 3.63) is 29.8 Å². The highest BCUT2D eigenvalue weighted by Crippen LogP contribution is 2.19. The first-order valence-electron chi connectivity index (χ1n) is 8.17. The van der Waals surface area contributed by atoms with Crippen molar-refractivity contribution in [1.29, 1.82) is 0 Å². The molecule has 6 heteroatoms. The summed E-state index contributed by atoms with van der Waals surface area (Å²) in [5.74, 6) is 1.44. The van der Waals surface area contributed by atoms with Crippen LogP contribution in [-0.2, 0) is 17.2 Å². The molecule has 5 nitrogen and oxygen atoms in total. The van der Waals surface area contributed by atoms with E-state index in [1.165, 1.54) is 0 Å². The molecule has 0 bridgehead atoms. The second-order valence-electron chi connectivity index (χ2n) is 5.75. The summed E-state index contributed by atoms with van der Waals surface area (Å²) in [7, 11) is -0.831. The number of hydrogen-bond donors (Lipinski definition) is 1. The Bertz CT molecular complexity index is 565. The first-order chi connectivity index (χ1) is 11.0. The van der Waals surface area contributed by atoms with Crippen LogP contribution in [0, 0.1) is 0 Å². The van der Waals surface area contributed by atoms with E-state index >= 15 is 0 Å². The molecule has 1 aromatic carbocycles. The lowest BCUT2D eigenvalue weighted by Crippen LogP contribution is -2.55. The van der Waals surface area contributed by atoms with Gasteiger partial charge in [-0.05, 0) is 38.8 Å². The second-order valence-corrected chi connectivity index (χ2v) is 7.66. The molecule has 0 unspecified atom stereocenters. The van der Waals surface area contributed by atoms with Crippen LogP contribution in [0.25, 0.3) is 0 Å². The number of carbonyl (C=O) groups excluding carboxylic acids is 1. The Morgan fingerprint density at radius 1 is 1.39 bits per heavy atom. The minimum Gasteiger partial charge on any atom is -0.494 e. The molecule has 2 rings (SSSR count). The summed E-state index contributed by atoms with van der Waals surface area (Å²) in [5, 5.41) is 2.99. The number of nitrogens with zero attached hydrogens (tertiary/aromatic N) is 1. The molecule has 1 aliphatic heterocycles. The number of benzene rings is 1. The number of urea groups is 1. The Morgan fingerprint density at radius 3 is 2.87 bits per heavy atom. The molecule has 1 saturated heterocycles. The number of amides is 2. The number of para-hydroxylation sites is 1. The van der Waals surface area contributed by atoms with Gasteiger partial charge in [0.05, 0.1) is 11.9 Å². The van der Waals surface area contributed by atoms with Gasteiger partial charge >= 0.3 is 6.03 Å². The van der Waals surface area contributed by atoms with Crippen molar-refractivity contribution in [2.75, 3.05) is 25.4 Å². The minimum absolute atomic E-state index is 0.000273. The van der Waals surface area contributed by atoms with Gasteiger partial charge in [-0.1, -0.05) is 18.2 Å². The van der Waals surface area contributed by atoms with Crippen LogP contribution in [0.3, 0.4) is 0 Å². The molecule has 1 aromatic rings. The number of carbonyl (C=O) groups is 1. The molecule has 3 atom stereocenters. The monoisotopic (exact) mass is 338 g/mol. The van der Waals surface area contributed by atoms with E-state index in [0.29, 0.717) is 25.4 Å². The standard InChI is InChI=1S/C17H26N2O3S/c1-4-22-16-8-6-5-7-15(16)9-10-18-17(20)19-11-12-23(21)14(3)13(19)2/h5-8,13-14H,4,9-12H2,1-3H3,(H,18,20)/t13-,14-,23+/m0/s1. The van der Waals surface area contributed by atoms with Gasteiger partial charge in [0.15, 0.2) is 0 Å². The van der Waals surface area contributed by atoms with Crippen LogP contribution >= 0.6 is 0 Å². The maximum atomic E-state index is 12.3. The summed E-state index contributed by atoms with van der Waals surface area (Å²) in [6, 6.07) is 7.82. The van der Waals surface area contributed by atoms with Gasteiger partial charge in [-0.15, -0.1) is 0 Å². The predicted octanol–water partition coefficient (Wildman–Crippen LogP) is 2.18. The number of rotatable bonds is 5. The van der Waals surface area contributed by atoms with Gasteiger partial charge in [0, 0.05) is 35.7 Å². The molecule has 1 heterocycles. The molecule has 0 aliphatic carbocycles. The molecule has 1 fully saturated rings. The minimum atomic E-state index is -0.831. The maximum absolute atomic E-state index is 12.3. The number of hydrogen-bond acceptors (Lipinski definition) is 3. The van der Waals surface area contributed by atoms with Crippen molar-refractivity contribution in [2.45, 2.75) is 38.5 Å². The average molecular weight is 338 g/mol. The molecule has 23 heavy (non-hydrogen) atoms. The van der Waals surface area contributed by atoms with Crippen molar-refractivity contribution in [2.24, 2.45) is 0 Å². The Kier molecular flexibility index (Phi) is 6.45. The Balaban J connectivity index is 1.87. The van der Waals surface area contributed by atoms with E-state index in [4.69, 9.17) is 4.74 Å². The SMILES string of the molecule is CCOc1ccccc1CCNC(=O)N1CC[S@@](=O)[C@@H](C)[C@@H]1C. The van der Waals surface area contributed by atoms with Gasteiger partial charge < -0.3 is 15.0 Å². The lowest BCUT2D eigenvalue weighted by Gasteiger charge is -2.37. The molecule has 1 aliphatic rings. The van der Waals surface area contributed by atoms with Crippen LogP contribution in [0.15, 0.2) is 24.3 Å². The quantitative estimate of drug-likeness (QED) is 0.895. The molecule has 0 saturated carbocycles. The van der Waals surface area contributed by atoms with Crippen LogP contribution in [0.1, 0.15) is 26.3 Å². The maximum Gasteiger partial charge on any atom is 0.317 e. The van der Waals surface area contributed by atoms with Crippen molar-refractivity contribution in [1.82, 2.24) is 10.2 Å². The van der Waals surface area contributed by atoms with E-state index in [1.54, 1.807) is 4.90 Å². The van der Waals surface area contributed by atoms with Crippen LogP contribution < -0.4 is 10.1 Å². The first-order valence-corrected chi connectivity index (χ1v) is 9.55. The van der Waals surface area contributed by atoms with E-state index in [-0.39, 0.29) is 17.3 Å². The van der Waals surface area contributed by atoms with E-state index in [9.17, 15) is 9.00 Å². The fraction of sp³-hybridized carbons (Fsp3) is 0.588. The van der Waals surface area contributed by atoms with E-state index in [1.807, 2.05) is 45.0 Å². The molecule has 0 spiro atoms. The van der Waals surface area contributed by atoms with Crippen LogP contribution in [0.5, 0.6) is 5.75 Å². The fourth-order valence-electron chi connectivity index (χ4n) is 2.75. The van der Waals surface area contributed by atoms with Gasteiger partial charge in [-0.2, -0.15) is 0 Å². The zero-order valence-corrected chi connectivity index (χ0v) is 14.9. The third-order valence-electron chi connectivity index (χ3n) is 4.32. The second kappa shape index (κ2) is 8.34. The summed E-state index contributed by atoms with van der Waals surface area (Å²) >= 11 is 0. The van der Waals surface area contributed by atoms with Gasteiger partial charge in [0.25, 0.3) is 0 Å². The smallest absolute Gasteiger partial charge is 0.317 e. The van der Waals surface area contributed by atoms with E-state index in [2.05, 4.69) is 5.32 Å². The largest absolute Gasteiger partial charge is 0.494 e. The molecular weight excluding hydrogens is 312 g/mol. The summed E-state index contributed by atoms with van der Waals surface area (Å²) < 4.78 is 17.4. The lowest BCUT2D eigenvalue weighted by molar-refractivity contribution is 0.179. The summed E-state index contributed by atoms with van der Waals surface area (Å²) in [4.78, 5) is 14.1. The van der Waals surface area contributed by atoms with Crippen LogP contribution in [0.4, 0.5) is 4.79 Å². The van der Waals surface area contributed by atoms with Crippen molar-refractivity contribution >= 4 is 16.8 Å². The molecular formula is C17H26N2O3S. The van der Waals surface area contributed by atoms with Crippen molar-refractivity contribution < 1.29 is 13.7 Å². The Hall–Kier alpha value is -1.56. The van der Waals surface area contributed by atoms with Gasteiger partial charge in [-0.25, -0.2) is 4.79 Å². The summed E-state index contributed by atoms with van der Waals surface area (Å²) in [6.07, 6.45) is 0.728. The summed E-state index contributed by atoms with van der Waals surface area (Å²) in [6.45, 7) is 7.61. The third-order valence-corrected chi connectivity index (χ3v) is 6.13. The zero-order chi connectivity index (χ0) is 16.8. The van der Waals surface area contributed by atoms with Crippen LogP contribution in [0.2, 0.25) is 0 Å². The Morgan fingerprint density at radius 2 is 2.13 bits per heavy atom.